The largest absolute Gasteiger partial charge is 0.318 e. The summed E-state index contributed by atoms with van der Waals surface area (Å²) in [6, 6.07) is 8.83. The smallest absolute Gasteiger partial charge is 0.00769 e. The summed E-state index contributed by atoms with van der Waals surface area (Å²) in [6.07, 6.45) is 0. The Morgan fingerprint density at radius 1 is 1.06 bits per heavy atom. The zero-order chi connectivity index (χ0) is 12.0. The molecule has 0 amide bonds. The molecule has 1 aromatic carbocycles. The molecule has 0 unspecified atom stereocenters. The van der Waals surface area contributed by atoms with E-state index in [1.165, 1.54) is 11.1 Å². The third kappa shape index (κ3) is 3.95. The van der Waals surface area contributed by atoms with E-state index in [1.54, 1.807) is 0 Å². The second kappa shape index (κ2) is 6.02. The van der Waals surface area contributed by atoms with Crippen LogP contribution in [0.3, 0.4) is 0 Å². The summed E-state index contributed by atoms with van der Waals surface area (Å²) in [4.78, 5) is 0. The Bertz CT molecular complexity index is 301. The van der Waals surface area contributed by atoms with Gasteiger partial charge in [-0.15, -0.1) is 0 Å². The molecule has 0 aliphatic heterocycles. The molecule has 2 nitrogen and oxygen atoms in total. The van der Waals surface area contributed by atoms with Crippen molar-refractivity contribution in [3.8, 4) is 0 Å². The highest BCUT2D eigenvalue weighted by atomic mass is 14.9. The molecule has 2 N–H and O–H groups in total. The van der Waals surface area contributed by atoms with Crippen molar-refractivity contribution >= 4 is 0 Å². The van der Waals surface area contributed by atoms with Crippen molar-refractivity contribution in [2.24, 2.45) is 0 Å². The summed E-state index contributed by atoms with van der Waals surface area (Å²) >= 11 is 0. The van der Waals surface area contributed by atoms with E-state index in [2.05, 4.69) is 55.7 Å². The van der Waals surface area contributed by atoms with Gasteiger partial charge in [0.15, 0.2) is 0 Å². The molecule has 1 rings (SSSR count). The fraction of sp³-hybridized carbons (Fsp3) is 0.571. The van der Waals surface area contributed by atoms with E-state index >= 15 is 0 Å². The van der Waals surface area contributed by atoms with Crippen LogP contribution < -0.4 is 10.6 Å². The molecule has 0 aliphatic carbocycles. The van der Waals surface area contributed by atoms with Crippen LogP contribution in [0.15, 0.2) is 24.3 Å². The van der Waals surface area contributed by atoms with Gasteiger partial charge in [0.05, 0.1) is 0 Å². The monoisotopic (exact) mass is 220 g/mol. The van der Waals surface area contributed by atoms with Gasteiger partial charge < -0.3 is 10.6 Å². The Labute approximate surface area is 99.5 Å². The number of likely N-dealkylation sites (N-methyl/N-ethyl adjacent to an activating group) is 1. The Morgan fingerprint density at radius 2 is 1.69 bits per heavy atom. The lowest BCUT2D eigenvalue weighted by Gasteiger charge is -2.26. The standard InChI is InChI=1S/C14H24N2/c1-12-5-7-13(8-6-12)14(2,3)11-16-10-9-15-4/h5-8,15-16H,9-11H2,1-4H3. The fourth-order valence-electron chi connectivity index (χ4n) is 1.72. The number of rotatable bonds is 6. The van der Waals surface area contributed by atoms with Gasteiger partial charge in [0.2, 0.25) is 0 Å². The van der Waals surface area contributed by atoms with Crippen LogP contribution in [0.25, 0.3) is 0 Å². The number of benzene rings is 1. The third-order valence-corrected chi connectivity index (χ3v) is 2.95. The van der Waals surface area contributed by atoms with Crippen molar-refractivity contribution in [2.75, 3.05) is 26.7 Å². The molecular formula is C14H24N2. The Morgan fingerprint density at radius 3 is 2.25 bits per heavy atom. The first-order valence-corrected chi connectivity index (χ1v) is 5.99. The van der Waals surface area contributed by atoms with E-state index < -0.39 is 0 Å². The van der Waals surface area contributed by atoms with E-state index in [9.17, 15) is 0 Å². The molecule has 0 heterocycles. The quantitative estimate of drug-likeness (QED) is 0.717. The molecule has 90 valence electrons. The van der Waals surface area contributed by atoms with Crippen molar-refractivity contribution in [3.05, 3.63) is 35.4 Å². The number of aryl methyl sites for hydroxylation is 1. The SMILES string of the molecule is CNCCNCC(C)(C)c1ccc(C)cc1. The van der Waals surface area contributed by atoms with Crippen molar-refractivity contribution in [3.63, 3.8) is 0 Å². The maximum atomic E-state index is 3.48. The summed E-state index contributed by atoms with van der Waals surface area (Å²) in [5.41, 5.74) is 2.92. The van der Waals surface area contributed by atoms with Crippen molar-refractivity contribution in [2.45, 2.75) is 26.2 Å². The Hall–Kier alpha value is -0.860. The van der Waals surface area contributed by atoms with Crippen LogP contribution in [0, 0.1) is 6.92 Å². The summed E-state index contributed by atoms with van der Waals surface area (Å²) in [7, 11) is 1.98. The van der Waals surface area contributed by atoms with Gasteiger partial charge in [-0.1, -0.05) is 43.7 Å². The molecule has 0 saturated carbocycles. The Kier molecular flexibility index (Phi) is 4.97. The van der Waals surface area contributed by atoms with Gasteiger partial charge in [-0.2, -0.15) is 0 Å². The number of hydrogen-bond donors (Lipinski definition) is 2. The number of hydrogen-bond acceptors (Lipinski definition) is 2. The normalized spacial score (nSPS) is 11.8. The highest BCUT2D eigenvalue weighted by molar-refractivity contribution is 5.27. The van der Waals surface area contributed by atoms with Crippen LogP contribution in [0.5, 0.6) is 0 Å². The van der Waals surface area contributed by atoms with Gasteiger partial charge in [-0.3, -0.25) is 0 Å². The predicted octanol–water partition coefficient (Wildman–Crippen LogP) is 2.08. The molecular weight excluding hydrogens is 196 g/mol. The molecule has 0 saturated heterocycles. The van der Waals surface area contributed by atoms with Gasteiger partial charge in [0.1, 0.15) is 0 Å². The maximum Gasteiger partial charge on any atom is 0.00769 e. The maximum absolute atomic E-state index is 3.48. The molecule has 0 aliphatic rings. The zero-order valence-corrected chi connectivity index (χ0v) is 10.9. The van der Waals surface area contributed by atoms with Gasteiger partial charge in [0.25, 0.3) is 0 Å². The van der Waals surface area contributed by atoms with E-state index in [1.807, 2.05) is 7.05 Å². The summed E-state index contributed by atoms with van der Waals surface area (Å²) < 4.78 is 0. The highest BCUT2D eigenvalue weighted by Gasteiger charge is 2.19. The molecule has 0 spiro atoms. The second-order valence-corrected chi connectivity index (χ2v) is 5.03. The molecule has 1 aromatic rings. The average Bonchev–Trinajstić information content (AvgIpc) is 2.25. The molecule has 2 heteroatoms. The lowest BCUT2D eigenvalue weighted by molar-refractivity contribution is 0.468. The molecule has 0 fully saturated rings. The average molecular weight is 220 g/mol. The molecule has 0 bridgehead atoms. The van der Waals surface area contributed by atoms with Gasteiger partial charge in [-0.25, -0.2) is 0 Å². The number of nitrogens with one attached hydrogen (secondary N) is 2. The minimum atomic E-state index is 0.196. The van der Waals surface area contributed by atoms with Crippen LogP contribution in [0.2, 0.25) is 0 Å². The first-order chi connectivity index (χ1) is 7.56. The third-order valence-electron chi connectivity index (χ3n) is 2.95. The molecule has 16 heavy (non-hydrogen) atoms. The molecule has 0 atom stereocenters. The fourth-order valence-corrected chi connectivity index (χ4v) is 1.72. The second-order valence-electron chi connectivity index (χ2n) is 5.03. The van der Waals surface area contributed by atoms with Gasteiger partial charge >= 0.3 is 0 Å². The molecule has 0 radical (unpaired) electrons. The van der Waals surface area contributed by atoms with Crippen LogP contribution in [0.1, 0.15) is 25.0 Å². The minimum absolute atomic E-state index is 0.196. The van der Waals surface area contributed by atoms with E-state index in [4.69, 9.17) is 0 Å². The van der Waals surface area contributed by atoms with Crippen LogP contribution in [-0.4, -0.2) is 26.7 Å². The lowest BCUT2D eigenvalue weighted by atomic mass is 9.84. The summed E-state index contributed by atoms with van der Waals surface area (Å²) in [6.45, 7) is 9.74. The van der Waals surface area contributed by atoms with Gasteiger partial charge in [0, 0.05) is 25.0 Å². The van der Waals surface area contributed by atoms with Crippen molar-refractivity contribution in [1.29, 1.82) is 0 Å². The van der Waals surface area contributed by atoms with Crippen LogP contribution in [-0.2, 0) is 5.41 Å². The minimum Gasteiger partial charge on any atom is -0.318 e. The first-order valence-electron chi connectivity index (χ1n) is 5.99. The van der Waals surface area contributed by atoms with Crippen molar-refractivity contribution < 1.29 is 0 Å². The Balaban J connectivity index is 2.52. The van der Waals surface area contributed by atoms with Crippen molar-refractivity contribution in [1.82, 2.24) is 10.6 Å². The lowest BCUT2D eigenvalue weighted by Crippen LogP contribution is -2.36. The highest BCUT2D eigenvalue weighted by Crippen LogP contribution is 2.22. The first kappa shape index (κ1) is 13.2. The van der Waals surface area contributed by atoms with E-state index in [-0.39, 0.29) is 5.41 Å². The van der Waals surface area contributed by atoms with E-state index in [0.717, 1.165) is 19.6 Å². The van der Waals surface area contributed by atoms with Gasteiger partial charge in [-0.05, 0) is 19.5 Å². The van der Waals surface area contributed by atoms with E-state index in [0.29, 0.717) is 0 Å². The molecule has 0 aromatic heterocycles. The summed E-state index contributed by atoms with van der Waals surface area (Å²) in [5.74, 6) is 0. The predicted molar refractivity (Wildman–Crippen MR) is 71.0 cm³/mol. The van der Waals surface area contributed by atoms with Crippen LogP contribution in [0.4, 0.5) is 0 Å². The summed E-state index contributed by atoms with van der Waals surface area (Å²) in [5, 5.41) is 6.62. The zero-order valence-electron chi connectivity index (χ0n) is 10.9. The topological polar surface area (TPSA) is 24.1 Å². The van der Waals surface area contributed by atoms with Crippen LogP contribution >= 0.6 is 0 Å².